The zero-order valence-corrected chi connectivity index (χ0v) is 16.7. The molecule has 0 spiro atoms. The summed E-state index contributed by atoms with van der Waals surface area (Å²) < 4.78 is 15.9. The highest BCUT2D eigenvalue weighted by Gasteiger charge is 2.12. The first kappa shape index (κ1) is 20.7. The summed E-state index contributed by atoms with van der Waals surface area (Å²) in [7, 11) is 0. The van der Waals surface area contributed by atoms with E-state index in [2.05, 4.69) is 0 Å². The lowest BCUT2D eigenvalue weighted by atomic mass is 10.2. The monoisotopic (exact) mass is 430 g/mol. The molecule has 0 bridgehead atoms. The van der Waals surface area contributed by atoms with E-state index < -0.39 is 11.9 Å². The van der Waals surface area contributed by atoms with Crippen LogP contribution in [-0.4, -0.2) is 25.2 Å². The van der Waals surface area contributed by atoms with Crippen LogP contribution in [0.4, 0.5) is 0 Å². The third-order valence-electron chi connectivity index (χ3n) is 3.78. The van der Waals surface area contributed by atoms with Crippen LogP contribution < -0.4 is 9.47 Å². The van der Waals surface area contributed by atoms with Gasteiger partial charge in [0, 0.05) is 0 Å². The molecule has 0 fully saturated rings. The van der Waals surface area contributed by atoms with Crippen molar-refractivity contribution in [3.63, 3.8) is 0 Å². The SMILES string of the molecule is O=C(OCCOc1ccccc1)c1ccc(OC(=O)c2ccc(Cl)c(Cl)c2)cc1. The molecule has 29 heavy (non-hydrogen) atoms. The van der Waals surface area contributed by atoms with Gasteiger partial charge in [-0.3, -0.25) is 0 Å². The summed E-state index contributed by atoms with van der Waals surface area (Å²) in [6, 6.07) is 19.7. The smallest absolute Gasteiger partial charge is 0.343 e. The van der Waals surface area contributed by atoms with Gasteiger partial charge in [0.15, 0.2) is 0 Å². The molecule has 0 aliphatic heterocycles. The Bertz CT molecular complexity index is 988. The van der Waals surface area contributed by atoms with E-state index in [4.69, 9.17) is 37.4 Å². The molecular weight excluding hydrogens is 415 g/mol. The summed E-state index contributed by atoms with van der Waals surface area (Å²) in [6.45, 7) is 0.358. The average Bonchev–Trinajstić information content (AvgIpc) is 2.74. The molecule has 5 nitrogen and oxygen atoms in total. The first-order chi connectivity index (χ1) is 14.0. The molecule has 0 radical (unpaired) electrons. The molecular formula is C22H16Cl2O5. The quantitative estimate of drug-likeness (QED) is 0.283. The molecule has 3 aromatic rings. The molecule has 0 aromatic heterocycles. The molecule has 3 aromatic carbocycles. The van der Waals surface area contributed by atoms with E-state index in [9.17, 15) is 9.59 Å². The fraction of sp³-hybridized carbons (Fsp3) is 0.0909. The number of esters is 2. The van der Waals surface area contributed by atoms with E-state index in [1.54, 1.807) is 0 Å². The number of benzene rings is 3. The fourth-order valence-electron chi connectivity index (χ4n) is 2.34. The second kappa shape index (κ2) is 9.96. The molecule has 0 unspecified atom stereocenters. The van der Waals surface area contributed by atoms with Gasteiger partial charge in [-0.15, -0.1) is 0 Å². The molecule has 0 heterocycles. The van der Waals surface area contributed by atoms with Gasteiger partial charge in [-0.25, -0.2) is 9.59 Å². The summed E-state index contributed by atoms with van der Waals surface area (Å²) in [6.07, 6.45) is 0. The van der Waals surface area contributed by atoms with Crippen LogP contribution in [0.2, 0.25) is 10.0 Å². The van der Waals surface area contributed by atoms with Crippen molar-refractivity contribution < 1.29 is 23.8 Å². The standard InChI is InChI=1S/C22H16Cl2O5/c23-19-11-8-16(14-20(19)24)22(26)29-18-9-6-15(7-10-18)21(25)28-13-12-27-17-4-2-1-3-5-17/h1-11,14H,12-13H2. The lowest BCUT2D eigenvalue weighted by Crippen LogP contribution is -2.12. The highest BCUT2D eigenvalue weighted by atomic mass is 35.5. The Morgan fingerprint density at radius 1 is 0.690 bits per heavy atom. The van der Waals surface area contributed by atoms with Crippen molar-refractivity contribution >= 4 is 35.1 Å². The first-order valence-corrected chi connectivity index (χ1v) is 9.41. The van der Waals surface area contributed by atoms with E-state index in [0.717, 1.165) is 0 Å². The second-order valence-corrected chi connectivity index (χ2v) is 6.65. The predicted molar refractivity (Wildman–Crippen MR) is 110 cm³/mol. The predicted octanol–water partition coefficient (Wildman–Crippen LogP) is 5.45. The van der Waals surface area contributed by atoms with Crippen LogP contribution >= 0.6 is 23.2 Å². The highest BCUT2D eigenvalue weighted by molar-refractivity contribution is 6.42. The third kappa shape index (κ3) is 5.98. The molecule has 3 rings (SSSR count). The van der Waals surface area contributed by atoms with Crippen molar-refractivity contribution in [3.05, 3.63) is 94.0 Å². The highest BCUT2D eigenvalue weighted by Crippen LogP contribution is 2.23. The molecule has 0 N–H and O–H groups in total. The van der Waals surface area contributed by atoms with Crippen molar-refractivity contribution in [1.82, 2.24) is 0 Å². The summed E-state index contributed by atoms with van der Waals surface area (Å²) in [5, 5.41) is 0.607. The molecule has 0 saturated carbocycles. The number of hydrogen-bond donors (Lipinski definition) is 0. The van der Waals surface area contributed by atoms with Crippen LogP contribution in [-0.2, 0) is 4.74 Å². The maximum Gasteiger partial charge on any atom is 0.343 e. The van der Waals surface area contributed by atoms with Gasteiger partial charge in [0.05, 0.1) is 21.2 Å². The van der Waals surface area contributed by atoms with Gasteiger partial charge in [0.1, 0.15) is 24.7 Å². The van der Waals surface area contributed by atoms with Crippen LogP contribution in [0.3, 0.4) is 0 Å². The van der Waals surface area contributed by atoms with Crippen LogP contribution in [0.25, 0.3) is 0 Å². The Morgan fingerprint density at radius 2 is 1.38 bits per heavy atom. The maximum atomic E-state index is 12.2. The zero-order chi connectivity index (χ0) is 20.6. The molecule has 7 heteroatoms. The minimum atomic E-state index is -0.586. The van der Waals surface area contributed by atoms with E-state index >= 15 is 0 Å². The van der Waals surface area contributed by atoms with Crippen LogP contribution in [0.5, 0.6) is 11.5 Å². The Labute approximate surface area is 177 Å². The number of halogens is 2. The van der Waals surface area contributed by atoms with Gasteiger partial charge in [0.2, 0.25) is 0 Å². The second-order valence-electron chi connectivity index (χ2n) is 5.84. The van der Waals surface area contributed by atoms with Crippen molar-refractivity contribution in [2.24, 2.45) is 0 Å². The minimum absolute atomic E-state index is 0.113. The van der Waals surface area contributed by atoms with Gasteiger partial charge in [-0.05, 0) is 54.6 Å². The number of para-hydroxylation sites is 1. The topological polar surface area (TPSA) is 61.8 Å². The molecule has 0 aliphatic carbocycles. The van der Waals surface area contributed by atoms with E-state index in [1.807, 2.05) is 30.3 Å². The number of hydrogen-bond acceptors (Lipinski definition) is 5. The van der Waals surface area contributed by atoms with E-state index in [0.29, 0.717) is 16.3 Å². The normalized spacial score (nSPS) is 10.3. The Hall–Kier alpha value is -3.02. The third-order valence-corrected chi connectivity index (χ3v) is 4.52. The van der Waals surface area contributed by atoms with Gasteiger partial charge in [0.25, 0.3) is 0 Å². The van der Waals surface area contributed by atoms with Crippen molar-refractivity contribution in [1.29, 1.82) is 0 Å². The Kier molecular flexibility index (Phi) is 7.11. The van der Waals surface area contributed by atoms with Gasteiger partial charge < -0.3 is 14.2 Å². The summed E-state index contributed by atoms with van der Waals surface area (Å²) >= 11 is 11.7. The van der Waals surface area contributed by atoms with Crippen LogP contribution in [0.1, 0.15) is 20.7 Å². The Balaban J connectivity index is 1.49. The summed E-state index contributed by atoms with van der Waals surface area (Å²) in [5.74, 6) is -0.0947. The lowest BCUT2D eigenvalue weighted by molar-refractivity contribution is 0.0450. The van der Waals surface area contributed by atoms with E-state index in [-0.39, 0.29) is 29.5 Å². The molecule has 148 valence electrons. The van der Waals surface area contributed by atoms with Crippen LogP contribution in [0, 0.1) is 0 Å². The lowest BCUT2D eigenvalue weighted by Gasteiger charge is -2.08. The molecule has 0 aliphatic rings. The first-order valence-electron chi connectivity index (χ1n) is 8.65. The number of carbonyl (C=O) groups is 2. The average molecular weight is 431 g/mol. The molecule has 0 amide bonds. The van der Waals surface area contributed by atoms with Crippen molar-refractivity contribution in [2.45, 2.75) is 0 Å². The van der Waals surface area contributed by atoms with Gasteiger partial charge >= 0.3 is 11.9 Å². The minimum Gasteiger partial charge on any atom is -0.490 e. The van der Waals surface area contributed by atoms with Crippen molar-refractivity contribution in [2.75, 3.05) is 13.2 Å². The number of rotatable bonds is 7. The largest absolute Gasteiger partial charge is 0.490 e. The summed E-state index contributed by atoms with van der Waals surface area (Å²) in [4.78, 5) is 24.2. The zero-order valence-electron chi connectivity index (χ0n) is 15.1. The fourth-order valence-corrected chi connectivity index (χ4v) is 2.64. The van der Waals surface area contributed by atoms with Crippen molar-refractivity contribution in [3.8, 4) is 11.5 Å². The van der Waals surface area contributed by atoms with Crippen LogP contribution in [0.15, 0.2) is 72.8 Å². The van der Waals surface area contributed by atoms with Gasteiger partial charge in [-0.1, -0.05) is 41.4 Å². The molecule has 0 saturated heterocycles. The maximum absolute atomic E-state index is 12.2. The van der Waals surface area contributed by atoms with Gasteiger partial charge in [-0.2, -0.15) is 0 Å². The molecule has 0 atom stereocenters. The Morgan fingerprint density at radius 3 is 2.07 bits per heavy atom. The number of ether oxygens (including phenoxy) is 3. The number of carbonyl (C=O) groups excluding carboxylic acids is 2. The van der Waals surface area contributed by atoms with E-state index in [1.165, 1.54) is 42.5 Å². The summed E-state index contributed by atoms with van der Waals surface area (Å²) in [5.41, 5.74) is 0.598.